The molecule has 0 saturated carbocycles. The minimum atomic E-state index is -0.266. The number of thiazole rings is 1. The highest BCUT2D eigenvalue weighted by atomic mass is 32.1. The van der Waals surface area contributed by atoms with Gasteiger partial charge in [-0.25, -0.2) is 14.4 Å². The summed E-state index contributed by atoms with van der Waals surface area (Å²) in [5.74, 6) is 0.201. The average Bonchev–Trinajstić information content (AvgIpc) is 3.21. The van der Waals surface area contributed by atoms with E-state index in [1.54, 1.807) is 43.8 Å². The molecule has 9 heteroatoms. The Hall–Kier alpha value is -3.72. The molecule has 3 heterocycles. The molecule has 4 aromatic rings. The highest BCUT2D eigenvalue weighted by Crippen LogP contribution is 2.27. The summed E-state index contributed by atoms with van der Waals surface area (Å²) in [4.78, 5) is 32.7. The van der Waals surface area contributed by atoms with Gasteiger partial charge in [-0.3, -0.25) is 14.8 Å². The van der Waals surface area contributed by atoms with Gasteiger partial charge in [0.1, 0.15) is 27.2 Å². The molecule has 0 unspecified atom stereocenters. The van der Waals surface area contributed by atoms with Gasteiger partial charge >= 0.3 is 0 Å². The minimum absolute atomic E-state index is 0.187. The molecule has 0 aliphatic carbocycles. The Morgan fingerprint density at radius 1 is 1.06 bits per heavy atom. The number of pyridine rings is 1. The van der Waals surface area contributed by atoms with Crippen LogP contribution < -0.4 is 10.2 Å². The Morgan fingerprint density at radius 2 is 1.88 bits per heavy atom. The summed E-state index contributed by atoms with van der Waals surface area (Å²) in [5.41, 5.74) is 3.11. The fourth-order valence-corrected chi connectivity index (χ4v) is 4.01. The van der Waals surface area contributed by atoms with Gasteiger partial charge in [-0.2, -0.15) is 0 Å². The molecule has 162 valence electrons. The standard InChI is InChI=1S/C23H21FN6OS/c1-15-21(22(31)27-11-17-4-3-9-25-10-17)32-23(28-15)19-12-26-13-20(29-19)30(2)14-16-5-7-18(24)8-6-16/h3-10,12-13H,11,14H2,1-2H3,(H,27,31). The van der Waals surface area contributed by atoms with Crippen LogP contribution in [0.2, 0.25) is 0 Å². The zero-order valence-corrected chi connectivity index (χ0v) is 18.4. The van der Waals surface area contributed by atoms with Crippen LogP contribution in [0.25, 0.3) is 10.7 Å². The number of aryl methyl sites for hydroxylation is 1. The number of nitrogens with one attached hydrogen (secondary N) is 1. The van der Waals surface area contributed by atoms with Gasteiger partial charge in [0.2, 0.25) is 0 Å². The van der Waals surface area contributed by atoms with Gasteiger partial charge in [0, 0.05) is 32.5 Å². The summed E-state index contributed by atoms with van der Waals surface area (Å²) in [5, 5.41) is 3.53. The number of hydrogen-bond donors (Lipinski definition) is 1. The zero-order chi connectivity index (χ0) is 22.5. The summed E-state index contributed by atoms with van der Waals surface area (Å²) >= 11 is 1.28. The maximum absolute atomic E-state index is 13.1. The Bertz CT molecular complexity index is 1210. The third-order valence-electron chi connectivity index (χ3n) is 4.74. The number of carbonyl (C=O) groups is 1. The van der Waals surface area contributed by atoms with E-state index >= 15 is 0 Å². The van der Waals surface area contributed by atoms with Crippen molar-refractivity contribution in [3.8, 4) is 10.7 Å². The molecular formula is C23H21FN6OS. The van der Waals surface area contributed by atoms with Crippen molar-refractivity contribution in [2.75, 3.05) is 11.9 Å². The van der Waals surface area contributed by atoms with E-state index in [9.17, 15) is 9.18 Å². The van der Waals surface area contributed by atoms with Crippen molar-refractivity contribution in [3.05, 3.63) is 88.7 Å². The first-order chi connectivity index (χ1) is 15.5. The molecule has 0 aliphatic heterocycles. The smallest absolute Gasteiger partial charge is 0.263 e. The Morgan fingerprint density at radius 3 is 2.62 bits per heavy atom. The number of benzene rings is 1. The lowest BCUT2D eigenvalue weighted by atomic mass is 10.2. The molecule has 1 amide bonds. The largest absolute Gasteiger partial charge is 0.354 e. The normalized spacial score (nSPS) is 10.7. The second-order valence-electron chi connectivity index (χ2n) is 7.22. The minimum Gasteiger partial charge on any atom is -0.354 e. The van der Waals surface area contributed by atoms with E-state index in [0.717, 1.165) is 11.1 Å². The fraction of sp³-hybridized carbons (Fsp3) is 0.174. The topological polar surface area (TPSA) is 83.9 Å². The second kappa shape index (κ2) is 9.61. The number of anilines is 1. The van der Waals surface area contributed by atoms with Crippen molar-refractivity contribution in [3.63, 3.8) is 0 Å². The number of nitrogens with zero attached hydrogens (tertiary/aromatic N) is 5. The average molecular weight is 449 g/mol. The molecule has 0 atom stereocenters. The van der Waals surface area contributed by atoms with E-state index < -0.39 is 0 Å². The van der Waals surface area contributed by atoms with Crippen LogP contribution in [0, 0.1) is 12.7 Å². The van der Waals surface area contributed by atoms with Crippen molar-refractivity contribution in [2.24, 2.45) is 0 Å². The van der Waals surface area contributed by atoms with Crippen molar-refractivity contribution in [1.29, 1.82) is 0 Å². The first-order valence-corrected chi connectivity index (χ1v) is 10.7. The summed E-state index contributed by atoms with van der Waals surface area (Å²) in [6.45, 7) is 2.75. The second-order valence-corrected chi connectivity index (χ2v) is 8.22. The van der Waals surface area contributed by atoms with Crippen LogP contribution in [0.4, 0.5) is 10.2 Å². The van der Waals surface area contributed by atoms with Crippen LogP contribution in [-0.4, -0.2) is 32.9 Å². The fourth-order valence-electron chi connectivity index (χ4n) is 3.07. The number of rotatable bonds is 7. The van der Waals surface area contributed by atoms with Gasteiger partial charge < -0.3 is 10.2 Å². The van der Waals surface area contributed by atoms with Crippen LogP contribution >= 0.6 is 11.3 Å². The van der Waals surface area contributed by atoms with Gasteiger partial charge in [-0.1, -0.05) is 18.2 Å². The Balaban J connectivity index is 1.48. The van der Waals surface area contributed by atoms with E-state index in [2.05, 4.69) is 25.3 Å². The molecule has 0 bridgehead atoms. The molecule has 0 spiro atoms. The van der Waals surface area contributed by atoms with Gasteiger partial charge in [0.05, 0.1) is 18.1 Å². The predicted molar refractivity (Wildman–Crippen MR) is 122 cm³/mol. The summed E-state index contributed by atoms with van der Waals surface area (Å²) in [6, 6.07) is 10.1. The molecule has 0 aliphatic rings. The van der Waals surface area contributed by atoms with E-state index in [-0.39, 0.29) is 11.7 Å². The molecule has 1 aromatic carbocycles. The van der Waals surface area contributed by atoms with Gasteiger partial charge in [-0.15, -0.1) is 11.3 Å². The zero-order valence-electron chi connectivity index (χ0n) is 17.6. The third kappa shape index (κ3) is 5.12. The maximum Gasteiger partial charge on any atom is 0.263 e. The molecular weight excluding hydrogens is 427 g/mol. The molecule has 32 heavy (non-hydrogen) atoms. The molecule has 3 aromatic heterocycles. The summed E-state index contributed by atoms with van der Waals surface area (Å²) < 4.78 is 13.1. The molecule has 0 saturated heterocycles. The van der Waals surface area contributed by atoms with Crippen molar-refractivity contribution in [1.82, 2.24) is 25.3 Å². The summed E-state index contributed by atoms with van der Waals surface area (Å²) in [7, 11) is 1.89. The quantitative estimate of drug-likeness (QED) is 0.460. The maximum atomic E-state index is 13.1. The number of aromatic nitrogens is 4. The number of hydrogen-bond acceptors (Lipinski definition) is 7. The Labute approximate surface area is 189 Å². The van der Waals surface area contributed by atoms with E-state index in [1.165, 1.54) is 23.5 Å². The van der Waals surface area contributed by atoms with Crippen LogP contribution in [0.3, 0.4) is 0 Å². The molecule has 7 nitrogen and oxygen atoms in total. The number of carbonyl (C=O) groups excluding carboxylic acids is 1. The lowest BCUT2D eigenvalue weighted by molar-refractivity contribution is 0.0954. The van der Waals surface area contributed by atoms with Crippen LogP contribution in [0.1, 0.15) is 26.5 Å². The van der Waals surface area contributed by atoms with Gasteiger partial charge in [0.15, 0.2) is 0 Å². The molecule has 0 fully saturated rings. The van der Waals surface area contributed by atoms with E-state index in [0.29, 0.717) is 40.2 Å². The lowest BCUT2D eigenvalue weighted by Gasteiger charge is -2.18. The Kier molecular flexibility index (Phi) is 6.46. The molecule has 0 radical (unpaired) electrons. The predicted octanol–water partition coefficient (Wildman–Crippen LogP) is 4.01. The molecule has 1 N–H and O–H groups in total. The first kappa shape index (κ1) is 21.5. The first-order valence-electron chi connectivity index (χ1n) is 9.92. The van der Waals surface area contributed by atoms with Crippen molar-refractivity contribution < 1.29 is 9.18 Å². The number of amides is 1. The van der Waals surface area contributed by atoms with Crippen molar-refractivity contribution in [2.45, 2.75) is 20.0 Å². The van der Waals surface area contributed by atoms with Crippen LogP contribution in [-0.2, 0) is 13.1 Å². The summed E-state index contributed by atoms with van der Waals surface area (Å²) in [6.07, 6.45) is 6.70. The SMILES string of the molecule is Cc1nc(-c2cncc(N(C)Cc3ccc(F)cc3)n2)sc1C(=O)NCc1cccnc1. The highest BCUT2D eigenvalue weighted by molar-refractivity contribution is 7.17. The van der Waals surface area contributed by atoms with Crippen molar-refractivity contribution >= 4 is 23.1 Å². The monoisotopic (exact) mass is 448 g/mol. The lowest BCUT2D eigenvalue weighted by Crippen LogP contribution is -2.22. The van der Waals surface area contributed by atoms with Crippen LogP contribution in [0.15, 0.2) is 61.2 Å². The van der Waals surface area contributed by atoms with E-state index in [1.807, 2.05) is 24.1 Å². The number of halogens is 1. The van der Waals surface area contributed by atoms with Crippen LogP contribution in [0.5, 0.6) is 0 Å². The van der Waals surface area contributed by atoms with Gasteiger partial charge in [-0.05, 0) is 36.2 Å². The van der Waals surface area contributed by atoms with E-state index in [4.69, 9.17) is 0 Å². The molecule has 4 rings (SSSR count). The third-order valence-corrected chi connectivity index (χ3v) is 5.92. The van der Waals surface area contributed by atoms with Gasteiger partial charge in [0.25, 0.3) is 5.91 Å². The highest BCUT2D eigenvalue weighted by Gasteiger charge is 2.18.